The molecule has 2 rings (SSSR count). The zero-order chi connectivity index (χ0) is 21.0. The number of carbonyl (C=O) groups is 2. The van der Waals surface area contributed by atoms with Crippen LogP contribution in [-0.2, 0) is 4.79 Å². The lowest BCUT2D eigenvalue weighted by Gasteiger charge is -2.19. The second-order valence-electron chi connectivity index (χ2n) is 6.56. The average Bonchev–Trinajstić information content (AvgIpc) is 2.59. The van der Waals surface area contributed by atoms with E-state index in [2.05, 4.69) is 15.6 Å². The molecule has 6 N–H and O–H groups in total. The molecular weight excluding hydrogens is 392 g/mol. The molecule has 1 heterocycles. The Balaban J connectivity index is 2.42. The predicted octanol–water partition coefficient (Wildman–Crippen LogP) is 3.17. The predicted molar refractivity (Wildman–Crippen MR) is 103 cm³/mol. The molecule has 150 valence electrons. The average molecular weight is 412 g/mol. The van der Waals surface area contributed by atoms with Crippen LogP contribution >= 0.6 is 11.6 Å². The summed E-state index contributed by atoms with van der Waals surface area (Å²) in [5.41, 5.74) is 10.7. The van der Waals surface area contributed by atoms with Crippen LogP contribution in [-0.4, -0.2) is 22.8 Å². The number of nitrogens with two attached hydrogens (primary N) is 2. The quantitative estimate of drug-likeness (QED) is 0.531. The number of nitrogens with one attached hydrogen (secondary N) is 2. The third-order valence-corrected chi connectivity index (χ3v) is 4.07. The fraction of sp³-hybridized carbons (Fsp3) is 0.278. The topological polar surface area (TPSA) is 123 Å². The number of hydrogen-bond acceptors (Lipinski definition) is 5. The summed E-state index contributed by atoms with van der Waals surface area (Å²) in [5, 5.41) is 5.24. The molecule has 7 nitrogen and oxygen atoms in total. The van der Waals surface area contributed by atoms with Crippen LogP contribution in [0.25, 0.3) is 0 Å². The molecule has 1 aromatic carbocycles. The van der Waals surface area contributed by atoms with Crippen molar-refractivity contribution in [2.45, 2.75) is 26.3 Å². The fourth-order valence-electron chi connectivity index (χ4n) is 2.47. The van der Waals surface area contributed by atoms with E-state index in [-0.39, 0.29) is 28.1 Å². The van der Waals surface area contributed by atoms with Gasteiger partial charge in [0.1, 0.15) is 17.7 Å². The number of anilines is 3. The lowest BCUT2D eigenvalue weighted by molar-refractivity contribution is -0.119. The highest BCUT2D eigenvalue weighted by atomic mass is 35.5. The van der Waals surface area contributed by atoms with Gasteiger partial charge >= 0.3 is 0 Å². The van der Waals surface area contributed by atoms with E-state index in [1.54, 1.807) is 0 Å². The molecule has 2 aromatic rings. The maximum absolute atomic E-state index is 14.4. The Bertz CT molecular complexity index is 908. The molecule has 1 unspecified atom stereocenters. The fourth-order valence-corrected chi connectivity index (χ4v) is 2.65. The summed E-state index contributed by atoms with van der Waals surface area (Å²) in [7, 11) is 0. The van der Waals surface area contributed by atoms with Crippen LogP contribution in [0.3, 0.4) is 0 Å². The molecule has 0 aliphatic heterocycles. The van der Waals surface area contributed by atoms with Gasteiger partial charge in [-0.15, -0.1) is 0 Å². The standard InChI is InChI=1S/C18H20ClF2N5O2/c1-8(2)5-14(16(23)28)25-18-13(21)7-10(15(22)27)17(26-18)24-9-3-4-12(20)11(19)6-9/h3-4,6-8,14H,5H2,1-2H3,(H2,22,27)(H2,23,28)(H2,24,25,26). The summed E-state index contributed by atoms with van der Waals surface area (Å²) in [6.45, 7) is 3.76. The molecule has 2 amide bonds. The van der Waals surface area contributed by atoms with E-state index in [0.29, 0.717) is 12.1 Å². The molecule has 0 bridgehead atoms. The van der Waals surface area contributed by atoms with Crippen molar-refractivity contribution in [1.29, 1.82) is 0 Å². The van der Waals surface area contributed by atoms with Gasteiger partial charge in [-0.1, -0.05) is 25.4 Å². The number of primary amides is 2. The summed E-state index contributed by atoms with van der Waals surface area (Å²) in [5.74, 6) is -3.38. The molecular formula is C18H20ClF2N5O2. The van der Waals surface area contributed by atoms with Gasteiger partial charge in [0.2, 0.25) is 5.91 Å². The molecule has 0 saturated heterocycles. The van der Waals surface area contributed by atoms with Crippen molar-refractivity contribution in [2.75, 3.05) is 10.6 Å². The highest BCUT2D eigenvalue weighted by Gasteiger charge is 2.22. The summed E-state index contributed by atoms with van der Waals surface area (Å²) < 4.78 is 27.8. The first kappa shape index (κ1) is 21.4. The van der Waals surface area contributed by atoms with Gasteiger partial charge in [0.25, 0.3) is 5.91 Å². The molecule has 0 aliphatic rings. The van der Waals surface area contributed by atoms with Crippen LogP contribution in [0.1, 0.15) is 30.6 Å². The van der Waals surface area contributed by atoms with Gasteiger partial charge < -0.3 is 22.1 Å². The zero-order valence-corrected chi connectivity index (χ0v) is 16.0. The molecule has 10 heteroatoms. The summed E-state index contributed by atoms with van der Waals surface area (Å²) >= 11 is 5.74. The minimum Gasteiger partial charge on any atom is -0.368 e. The van der Waals surface area contributed by atoms with Crippen LogP contribution in [0.5, 0.6) is 0 Å². The molecule has 0 fully saturated rings. The number of pyridine rings is 1. The van der Waals surface area contributed by atoms with Gasteiger partial charge in [-0.05, 0) is 36.6 Å². The van der Waals surface area contributed by atoms with Gasteiger partial charge in [0.05, 0.1) is 10.6 Å². The number of nitrogens with zero attached hydrogens (tertiary/aromatic N) is 1. The SMILES string of the molecule is CC(C)CC(Nc1nc(Nc2ccc(F)c(Cl)c2)c(C(N)=O)cc1F)C(N)=O. The number of halogens is 3. The molecule has 0 aliphatic carbocycles. The first-order valence-electron chi connectivity index (χ1n) is 8.36. The van der Waals surface area contributed by atoms with E-state index in [9.17, 15) is 18.4 Å². The minimum absolute atomic E-state index is 0.0909. The molecule has 28 heavy (non-hydrogen) atoms. The van der Waals surface area contributed by atoms with Gasteiger partial charge in [0.15, 0.2) is 11.6 Å². The van der Waals surface area contributed by atoms with Crippen molar-refractivity contribution in [3.05, 3.63) is 46.5 Å². The Hall–Kier alpha value is -2.94. The number of carbonyl (C=O) groups excluding carboxylic acids is 2. The third kappa shape index (κ3) is 5.29. The monoisotopic (exact) mass is 411 g/mol. The smallest absolute Gasteiger partial charge is 0.252 e. The Morgan fingerprint density at radius 1 is 1.14 bits per heavy atom. The zero-order valence-electron chi connectivity index (χ0n) is 15.2. The highest BCUT2D eigenvalue weighted by Crippen LogP contribution is 2.27. The van der Waals surface area contributed by atoms with Gasteiger partial charge in [-0.25, -0.2) is 13.8 Å². The van der Waals surface area contributed by atoms with Crippen molar-refractivity contribution >= 4 is 40.7 Å². The Kier molecular flexibility index (Phi) is 6.74. The number of aromatic nitrogens is 1. The van der Waals surface area contributed by atoms with Crippen molar-refractivity contribution in [3.63, 3.8) is 0 Å². The van der Waals surface area contributed by atoms with Crippen LogP contribution in [0, 0.1) is 17.6 Å². The van der Waals surface area contributed by atoms with E-state index in [0.717, 1.165) is 12.1 Å². The van der Waals surface area contributed by atoms with Crippen molar-refractivity contribution < 1.29 is 18.4 Å². The van der Waals surface area contributed by atoms with E-state index in [1.807, 2.05) is 13.8 Å². The Morgan fingerprint density at radius 2 is 1.82 bits per heavy atom. The van der Waals surface area contributed by atoms with E-state index in [4.69, 9.17) is 23.1 Å². The Morgan fingerprint density at radius 3 is 2.36 bits per heavy atom. The summed E-state index contributed by atoms with van der Waals surface area (Å²) in [6.07, 6.45) is 0.352. The van der Waals surface area contributed by atoms with E-state index < -0.39 is 29.5 Å². The molecule has 1 aromatic heterocycles. The number of benzene rings is 1. The molecule has 0 spiro atoms. The van der Waals surface area contributed by atoms with Crippen LogP contribution in [0.4, 0.5) is 26.1 Å². The normalized spacial score (nSPS) is 11.9. The third-order valence-electron chi connectivity index (χ3n) is 3.79. The number of amides is 2. The number of rotatable bonds is 8. The minimum atomic E-state index is -0.928. The van der Waals surface area contributed by atoms with E-state index in [1.165, 1.54) is 12.1 Å². The van der Waals surface area contributed by atoms with Crippen molar-refractivity contribution in [2.24, 2.45) is 17.4 Å². The lowest BCUT2D eigenvalue weighted by Crippen LogP contribution is -2.37. The van der Waals surface area contributed by atoms with Crippen molar-refractivity contribution in [1.82, 2.24) is 4.98 Å². The van der Waals surface area contributed by atoms with E-state index >= 15 is 0 Å². The molecule has 0 saturated carbocycles. The second kappa shape index (κ2) is 8.83. The highest BCUT2D eigenvalue weighted by molar-refractivity contribution is 6.31. The molecule has 1 atom stereocenters. The second-order valence-corrected chi connectivity index (χ2v) is 6.97. The van der Waals surface area contributed by atoms with Crippen LogP contribution in [0.15, 0.2) is 24.3 Å². The Labute approximate surface area is 165 Å². The summed E-state index contributed by atoms with van der Waals surface area (Å²) in [4.78, 5) is 27.3. The lowest BCUT2D eigenvalue weighted by atomic mass is 10.0. The van der Waals surface area contributed by atoms with Crippen LogP contribution < -0.4 is 22.1 Å². The first-order valence-corrected chi connectivity index (χ1v) is 8.74. The maximum atomic E-state index is 14.4. The first-order chi connectivity index (χ1) is 13.1. The summed E-state index contributed by atoms with van der Waals surface area (Å²) in [6, 6.07) is 3.76. The van der Waals surface area contributed by atoms with Gasteiger partial charge in [0, 0.05) is 5.69 Å². The largest absolute Gasteiger partial charge is 0.368 e. The van der Waals surface area contributed by atoms with Gasteiger partial charge in [-0.3, -0.25) is 9.59 Å². The van der Waals surface area contributed by atoms with Crippen molar-refractivity contribution in [3.8, 4) is 0 Å². The number of hydrogen-bond donors (Lipinski definition) is 4. The van der Waals surface area contributed by atoms with Crippen LogP contribution in [0.2, 0.25) is 5.02 Å². The molecule has 0 radical (unpaired) electrons. The van der Waals surface area contributed by atoms with Gasteiger partial charge in [-0.2, -0.15) is 0 Å². The maximum Gasteiger partial charge on any atom is 0.252 e.